The second kappa shape index (κ2) is 6.55. The van der Waals surface area contributed by atoms with Crippen LogP contribution in [0, 0.1) is 5.92 Å². The summed E-state index contributed by atoms with van der Waals surface area (Å²) in [7, 11) is 0. The molecule has 1 aliphatic heterocycles. The summed E-state index contributed by atoms with van der Waals surface area (Å²) in [6.45, 7) is 6.30. The van der Waals surface area contributed by atoms with E-state index < -0.39 is 0 Å². The molecule has 0 radical (unpaired) electrons. The lowest BCUT2D eigenvalue weighted by molar-refractivity contribution is -0.120. The summed E-state index contributed by atoms with van der Waals surface area (Å²) < 4.78 is 0. The highest BCUT2D eigenvalue weighted by atomic mass is 16.1. The first-order valence-electron chi connectivity index (χ1n) is 7.26. The van der Waals surface area contributed by atoms with E-state index in [9.17, 15) is 4.79 Å². The maximum absolute atomic E-state index is 12.0. The minimum absolute atomic E-state index is 0.0754. The molecule has 0 bridgehead atoms. The fraction of sp³-hybridized carbons (Fsp3) is 0.600. The molecule has 0 aliphatic carbocycles. The summed E-state index contributed by atoms with van der Waals surface area (Å²) in [5.41, 5.74) is 1.15. The third-order valence-electron chi connectivity index (χ3n) is 3.83. The van der Waals surface area contributed by atoms with E-state index in [2.05, 4.69) is 15.2 Å². The molecule has 4 nitrogen and oxygen atoms in total. The van der Waals surface area contributed by atoms with Gasteiger partial charge in [0.25, 0.3) is 0 Å². The third-order valence-corrected chi connectivity index (χ3v) is 3.83. The smallest absolute Gasteiger partial charge is 0.228 e. The number of amides is 1. The van der Waals surface area contributed by atoms with Gasteiger partial charge < -0.3 is 10.2 Å². The Balaban J connectivity index is 1.96. The van der Waals surface area contributed by atoms with Crippen LogP contribution in [-0.4, -0.2) is 24.0 Å². The van der Waals surface area contributed by atoms with Crippen molar-refractivity contribution in [1.29, 1.82) is 0 Å². The fourth-order valence-electron chi connectivity index (χ4n) is 2.51. The molecular formula is C15H23N3O. The lowest BCUT2D eigenvalue weighted by Crippen LogP contribution is -2.22. The summed E-state index contributed by atoms with van der Waals surface area (Å²) in [6.07, 6.45) is 6.11. The van der Waals surface area contributed by atoms with Crippen LogP contribution in [0.25, 0.3) is 0 Å². The number of carbonyl (C=O) groups excluding carboxylic acids is 1. The average molecular weight is 261 g/mol. The summed E-state index contributed by atoms with van der Waals surface area (Å²) in [4.78, 5) is 18.6. The molecule has 1 N–H and O–H groups in total. The molecule has 0 aromatic carbocycles. The normalized spacial score (nSPS) is 15.0. The zero-order chi connectivity index (χ0) is 13.7. The first-order chi connectivity index (χ1) is 9.24. The molecule has 104 valence electrons. The van der Waals surface area contributed by atoms with Gasteiger partial charge in [0.05, 0.1) is 11.9 Å². The van der Waals surface area contributed by atoms with Gasteiger partial charge in [0.15, 0.2) is 0 Å². The Morgan fingerprint density at radius 2 is 2.00 bits per heavy atom. The van der Waals surface area contributed by atoms with Crippen molar-refractivity contribution in [3.63, 3.8) is 0 Å². The number of pyridine rings is 1. The van der Waals surface area contributed by atoms with Gasteiger partial charge in [-0.1, -0.05) is 13.8 Å². The SMILES string of the molecule is CCC(CC)C(=O)Nc1ccc(N2CCCC2)cn1. The molecule has 0 spiro atoms. The van der Waals surface area contributed by atoms with Crippen molar-refractivity contribution in [2.45, 2.75) is 39.5 Å². The lowest BCUT2D eigenvalue weighted by Gasteiger charge is -2.17. The molecule has 1 aromatic rings. The molecular weight excluding hydrogens is 238 g/mol. The zero-order valence-corrected chi connectivity index (χ0v) is 11.9. The van der Waals surface area contributed by atoms with E-state index in [1.807, 2.05) is 32.2 Å². The van der Waals surface area contributed by atoms with Gasteiger partial charge >= 0.3 is 0 Å². The molecule has 1 fully saturated rings. The Morgan fingerprint density at radius 1 is 1.32 bits per heavy atom. The number of nitrogens with zero attached hydrogens (tertiary/aromatic N) is 2. The number of rotatable bonds is 5. The van der Waals surface area contributed by atoms with Crippen molar-refractivity contribution >= 4 is 17.4 Å². The van der Waals surface area contributed by atoms with Gasteiger partial charge in [-0.15, -0.1) is 0 Å². The average Bonchev–Trinajstić information content (AvgIpc) is 2.95. The molecule has 1 amide bonds. The molecule has 2 rings (SSSR count). The highest BCUT2D eigenvalue weighted by molar-refractivity contribution is 5.91. The number of hydrogen-bond donors (Lipinski definition) is 1. The van der Waals surface area contributed by atoms with Crippen LogP contribution >= 0.6 is 0 Å². The fourth-order valence-corrected chi connectivity index (χ4v) is 2.51. The van der Waals surface area contributed by atoms with Crippen LogP contribution < -0.4 is 10.2 Å². The second-order valence-corrected chi connectivity index (χ2v) is 5.10. The Morgan fingerprint density at radius 3 is 2.53 bits per heavy atom. The van der Waals surface area contributed by atoms with Crippen molar-refractivity contribution in [3.8, 4) is 0 Å². The van der Waals surface area contributed by atoms with E-state index in [1.165, 1.54) is 12.8 Å². The van der Waals surface area contributed by atoms with E-state index in [1.54, 1.807) is 0 Å². The highest BCUT2D eigenvalue weighted by Gasteiger charge is 2.15. The van der Waals surface area contributed by atoms with Gasteiger partial charge in [-0.25, -0.2) is 4.98 Å². The Hall–Kier alpha value is -1.58. The van der Waals surface area contributed by atoms with Crippen LogP contribution in [0.5, 0.6) is 0 Å². The zero-order valence-electron chi connectivity index (χ0n) is 11.9. The van der Waals surface area contributed by atoms with E-state index in [0.29, 0.717) is 5.82 Å². The van der Waals surface area contributed by atoms with Crippen LogP contribution in [-0.2, 0) is 4.79 Å². The largest absolute Gasteiger partial charge is 0.370 e. The Bertz CT molecular complexity index is 406. The molecule has 1 aromatic heterocycles. The Labute approximate surface area is 115 Å². The first-order valence-corrected chi connectivity index (χ1v) is 7.26. The third kappa shape index (κ3) is 3.46. The van der Waals surface area contributed by atoms with E-state index >= 15 is 0 Å². The molecule has 2 heterocycles. The minimum Gasteiger partial charge on any atom is -0.370 e. The van der Waals surface area contributed by atoms with Gasteiger partial charge in [-0.05, 0) is 37.8 Å². The number of anilines is 2. The standard InChI is InChI=1S/C15H23N3O/c1-3-12(4-2)15(19)17-14-8-7-13(11-16-14)18-9-5-6-10-18/h7-8,11-12H,3-6,9-10H2,1-2H3,(H,16,17,19). The molecule has 0 atom stereocenters. The van der Waals surface area contributed by atoms with Crippen molar-refractivity contribution in [2.24, 2.45) is 5.92 Å². The lowest BCUT2D eigenvalue weighted by atomic mass is 10.0. The number of nitrogens with one attached hydrogen (secondary N) is 1. The van der Waals surface area contributed by atoms with Crippen LogP contribution in [0.15, 0.2) is 18.3 Å². The predicted octanol–water partition coefficient (Wildman–Crippen LogP) is 3.06. The van der Waals surface area contributed by atoms with Crippen molar-refractivity contribution in [3.05, 3.63) is 18.3 Å². The molecule has 0 saturated carbocycles. The van der Waals surface area contributed by atoms with Crippen molar-refractivity contribution in [1.82, 2.24) is 4.98 Å². The second-order valence-electron chi connectivity index (χ2n) is 5.10. The molecule has 4 heteroatoms. The van der Waals surface area contributed by atoms with Crippen LogP contribution in [0.4, 0.5) is 11.5 Å². The Kier molecular flexibility index (Phi) is 4.77. The van der Waals surface area contributed by atoms with E-state index in [4.69, 9.17) is 0 Å². The molecule has 0 unspecified atom stereocenters. The summed E-state index contributed by atoms with van der Waals surface area (Å²) in [5, 5.41) is 2.89. The van der Waals surface area contributed by atoms with E-state index in [0.717, 1.165) is 31.6 Å². The van der Waals surface area contributed by atoms with Gasteiger partial charge in [0.2, 0.25) is 5.91 Å². The number of hydrogen-bond acceptors (Lipinski definition) is 3. The van der Waals surface area contributed by atoms with Crippen LogP contribution in [0.2, 0.25) is 0 Å². The topological polar surface area (TPSA) is 45.2 Å². The summed E-state index contributed by atoms with van der Waals surface area (Å²) in [6, 6.07) is 3.94. The van der Waals surface area contributed by atoms with Gasteiger partial charge in [0.1, 0.15) is 5.82 Å². The summed E-state index contributed by atoms with van der Waals surface area (Å²) in [5.74, 6) is 0.811. The molecule has 19 heavy (non-hydrogen) atoms. The van der Waals surface area contributed by atoms with Crippen molar-refractivity contribution in [2.75, 3.05) is 23.3 Å². The predicted molar refractivity (Wildman–Crippen MR) is 78.4 cm³/mol. The van der Waals surface area contributed by atoms with Gasteiger partial charge in [-0.3, -0.25) is 4.79 Å². The van der Waals surface area contributed by atoms with E-state index in [-0.39, 0.29) is 11.8 Å². The van der Waals surface area contributed by atoms with Gasteiger partial charge in [-0.2, -0.15) is 0 Å². The maximum atomic E-state index is 12.0. The van der Waals surface area contributed by atoms with Crippen LogP contribution in [0.3, 0.4) is 0 Å². The highest BCUT2D eigenvalue weighted by Crippen LogP contribution is 2.20. The monoisotopic (exact) mass is 261 g/mol. The molecule has 1 saturated heterocycles. The number of aromatic nitrogens is 1. The molecule has 1 aliphatic rings. The quantitative estimate of drug-likeness (QED) is 0.886. The maximum Gasteiger partial charge on any atom is 0.228 e. The first kappa shape index (κ1) is 13.8. The summed E-state index contributed by atoms with van der Waals surface area (Å²) >= 11 is 0. The number of carbonyl (C=O) groups is 1. The minimum atomic E-state index is 0.0754. The van der Waals surface area contributed by atoms with Crippen LogP contribution in [0.1, 0.15) is 39.5 Å². The van der Waals surface area contributed by atoms with Crippen molar-refractivity contribution < 1.29 is 4.79 Å². The van der Waals surface area contributed by atoms with Gasteiger partial charge in [0, 0.05) is 19.0 Å².